The van der Waals surface area contributed by atoms with E-state index >= 15 is 0 Å². The van der Waals surface area contributed by atoms with Crippen molar-refractivity contribution in [2.75, 3.05) is 0 Å². The number of hydrogen-bond acceptors (Lipinski definition) is 1. The van der Waals surface area contributed by atoms with Gasteiger partial charge in [-0.05, 0) is 43.3 Å². The van der Waals surface area contributed by atoms with Gasteiger partial charge in [-0.1, -0.05) is 48.4 Å². The molecule has 0 bridgehead atoms. The second-order valence-electron chi connectivity index (χ2n) is 6.74. The molecule has 2 atom stereocenters. The smallest absolute Gasteiger partial charge is 0.233 e. The third-order valence-electron chi connectivity index (χ3n) is 4.74. The lowest BCUT2D eigenvalue weighted by atomic mass is 9.79. The molecule has 1 aliphatic carbocycles. The summed E-state index contributed by atoms with van der Waals surface area (Å²) in [6.07, 6.45) is 6.77. The quantitative estimate of drug-likeness (QED) is 0.746. The molecule has 0 fully saturated rings. The minimum atomic E-state index is 0.364. The van der Waals surface area contributed by atoms with Crippen LogP contribution in [0.25, 0.3) is 11.4 Å². The maximum atomic E-state index is 5.05. The van der Waals surface area contributed by atoms with Gasteiger partial charge in [-0.15, -0.1) is 0 Å². The average molecular weight is 305 g/mol. The monoisotopic (exact) mass is 305 g/mol. The van der Waals surface area contributed by atoms with Crippen molar-refractivity contribution in [3.63, 3.8) is 0 Å². The fourth-order valence-corrected chi connectivity index (χ4v) is 3.67. The number of allylic oxidation sites excluding steroid dienone is 4. The molecule has 0 aliphatic heterocycles. The Morgan fingerprint density at radius 3 is 2.48 bits per heavy atom. The van der Waals surface area contributed by atoms with Crippen LogP contribution in [0.15, 0.2) is 59.8 Å². The highest BCUT2D eigenvalue weighted by Gasteiger charge is 2.29. The van der Waals surface area contributed by atoms with Crippen LogP contribution in [0.5, 0.6) is 0 Å². The van der Waals surface area contributed by atoms with Crippen LogP contribution in [0.1, 0.15) is 37.9 Å². The molecule has 2 aromatic rings. The van der Waals surface area contributed by atoms with E-state index in [0.717, 1.165) is 11.5 Å². The lowest BCUT2D eigenvalue weighted by Crippen LogP contribution is -2.33. The predicted octanol–water partition coefficient (Wildman–Crippen LogP) is 4.51. The molecule has 0 amide bonds. The normalized spacial score (nSPS) is 20.9. The molecule has 2 unspecified atom stereocenters. The van der Waals surface area contributed by atoms with Crippen LogP contribution in [0.2, 0.25) is 0 Å². The maximum Gasteiger partial charge on any atom is 0.330 e. The van der Waals surface area contributed by atoms with Crippen LogP contribution in [0.3, 0.4) is 0 Å². The molecule has 118 valence electrons. The van der Waals surface area contributed by atoms with Gasteiger partial charge in [-0.25, -0.2) is 4.57 Å². The standard InChI is InChI=1S/C21H25N2/c1-14-12-16(3)20(17(4)13-14)19-10-11-23(5)21(22-19)18-9-7-6-8-15(18)2/h6-13,16,20H,1-5H3/q+1. The summed E-state index contributed by atoms with van der Waals surface area (Å²) in [5.74, 6) is 1.87. The zero-order chi connectivity index (χ0) is 16.6. The Hall–Kier alpha value is -2.22. The van der Waals surface area contributed by atoms with E-state index in [2.05, 4.69) is 88.0 Å². The van der Waals surface area contributed by atoms with Gasteiger partial charge in [-0.2, -0.15) is 0 Å². The Balaban J connectivity index is 2.09. The van der Waals surface area contributed by atoms with Crippen LogP contribution < -0.4 is 4.57 Å². The zero-order valence-corrected chi connectivity index (χ0v) is 14.7. The van der Waals surface area contributed by atoms with Gasteiger partial charge in [0, 0.05) is 6.07 Å². The van der Waals surface area contributed by atoms with E-state index in [0.29, 0.717) is 11.8 Å². The number of rotatable bonds is 2. The Kier molecular flexibility index (Phi) is 4.16. The molecular formula is C21H25N2+. The van der Waals surface area contributed by atoms with Crippen LogP contribution >= 0.6 is 0 Å². The highest BCUT2D eigenvalue weighted by Crippen LogP contribution is 2.36. The minimum absolute atomic E-state index is 0.364. The Morgan fingerprint density at radius 2 is 1.78 bits per heavy atom. The first-order chi connectivity index (χ1) is 11.0. The van der Waals surface area contributed by atoms with Gasteiger partial charge in [0.2, 0.25) is 0 Å². The summed E-state index contributed by atoms with van der Waals surface area (Å²) in [7, 11) is 2.07. The molecule has 0 saturated heterocycles. The molecule has 1 aromatic carbocycles. The average Bonchev–Trinajstić information content (AvgIpc) is 2.48. The summed E-state index contributed by atoms with van der Waals surface area (Å²) in [5.41, 5.74) is 6.37. The molecular weight excluding hydrogens is 280 g/mol. The summed E-state index contributed by atoms with van der Waals surface area (Å²) in [4.78, 5) is 5.05. The highest BCUT2D eigenvalue weighted by atomic mass is 15.0. The fourth-order valence-electron chi connectivity index (χ4n) is 3.67. The second-order valence-corrected chi connectivity index (χ2v) is 6.74. The molecule has 1 aliphatic rings. The first-order valence-electron chi connectivity index (χ1n) is 8.26. The number of nitrogens with zero attached hydrogens (tertiary/aromatic N) is 2. The first kappa shape index (κ1) is 15.7. The molecule has 2 nitrogen and oxygen atoms in total. The second kappa shape index (κ2) is 6.11. The van der Waals surface area contributed by atoms with Crippen molar-refractivity contribution in [1.82, 2.24) is 4.98 Å². The minimum Gasteiger partial charge on any atom is -0.233 e. The van der Waals surface area contributed by atoms with Crippen molar-refractivity contribution in [3.8, 4) is 11.4 Å². The van der Waals surface area contributed by atoms with Crippen LogP contribution in [-0.2, 0) is 7.05 Å². The maximum absolute atomic E-state index is 5.05. The summed E-state index contributed by atoms with van der Waals surface area (Å²) < 4.78 is 2.11. The largest absolute Gasteiger partial charge is 0.330 e. The van der Waals surface area contributed by atoms with E-state index in [-0.39, 0.29) is 0 Å². The van der Waals surface area contributed by atoms with Crippen LogP contribution in [-0.4, -0.2) is 4.98 Å². The van der Waals surface area contributed by atoms with Crippen molar-refractivity contribution in [1.29, 1.82) is 0 Å². The molecule has 0 N–H and O–H groups in total. The van der Waals surface area contributed by atoms with Crippen molar-refractivity contribution in [3.05, 3.63) is 71.1 Å². The molecule has 2 heteroatoms. The van der Waals surface area contributed by atoms with E-state index in [1.165, 1.54) is 22.3 Å². The van der Waals surface area contributed by atoms with Gasteiger partial charge < -0.3 is 0 Å². The van der Waals surface area contributed by atoms with Crippen molar-refractivity contribution in [2.45, 2.75) is 33.6 Å². The topological polar surface area (TPSA) is 16.8 Å². The molecule has 3 rings (SSSR count). The summed E-state index contributed by atoms with van der Waals surface area (Å²) >= 11 is 0. The van der Waals surface area contributed by atoms with E-state index in [9.17, 15) is 0 Å². The summed E-state index contributed by atoms with van der Waals surface area (Å²) in [6, 6.07) is 10.6. The molecule has 0 radical (unpaired) electrons. The number of aryl methyl sites for hydroxylation is 2. The van der Waals surface area contributed by atoms with E-state index in [4.69, 9.17) is 4.98 Å². The summed E-state index contributed by atoms with van der Waals surface area (Å²) in [6.45, 7) is 8.82. The van der Waals surface area contributed by atoms with Gasteiger partial charge in [0.1, 0.15) is 0 Å². The SMILES string of the molecule is CC1=CC(C)C(c2cc[n+](C)c(-c3ccccc3C)n2)C(C)=C1. The fraction of sp³-hybridized carbons (Fsp3) is 0.333. The van der Waals surface area contributed by atoms with Crippen LogP contribution in [0.4, 0.5) is 0 Å². The predicted molar refractivity (Wildman–Crippen MR) is 95.0 cm³/mol. The van der Waals surface area contributed by atoms with Gasteiger partial charge >= 0.3 is 5.82 Å². The molecule has 23 heavy (non-hydrogen) atoms. The lowest BCUT2D eigenvalue weighted by molar-refractivity contribution is -0.663. The van der Waals surface area contributed by atoms with Gasteiger partial charge in [0.25, 0.3) is 0 Å². The first-order valence-corrected chi connectivity index (χ1v) is 8.26. The molecule has 1 aromatic heterocycles. The number of benzene rings is 1. The highest BCUT2D eigenvalue weighted by molar-refractivity contribution is 5.57. The molecule has 0 spiro atoms. The summed E-state index contributed by atoms with van der Waals surface area (Å²) in [5, 5.41) is 0. The van der Waals surface area contributed by atoms with Gasteiger partial charge in [0.15, 0.2) is 5.69 Å². The molecule has 0 saturated carbocycles. The van der Waals surface area contributed by atoms with Gasteiger partial charge in [-0.3, -0.25) is 0 Å². The van der Waals surface area contributed by atoms with Crippen molar-refractivity contribution >= 4 is 0 Å². The van der Waals surface area contributed by atoms with Crippen molar-refractivity contribution in [2.24, 2.45) is 13.0 Å². The Labute approximate surface area is 139 Å². The van der Waals surface area contributed by atoms with E-state index in [1.54, 1.807) is 0 Å². The molecule has 1 heterocycles. The van der Waals surface area contributed by atoms with Gasteiger partial charge in [0.05, 0.1) is 24.7 Å². The van der Waals surface area contributed by atoms with E-state index in [1.807, 2.05) is 0 Å². The van der Waals surface area contributed by atoms with Crippen LogP contribution in [0, 0.1) is 12.8 Å². The van der Waals surface area contributed by atoms with Crippen molar-refractivity contribution < 1.29 is 4.57 Å². The number of aromatic nitrogens is 2. The Morgan fingerprint density at radius 1 is 1.04 bits per heavy atom. The van der Waals surface area contributed by atoms with E-state index < -0.39 is 0 Å². The third kappa shape index (κ3) is 2.98. The third-order valence-corrected chi connectivity index (χ3v) is 4.74. The number of hydrogen-bond donors (Lipinski definition) is 0. The lowest BCUT2D eigenvalue weighted by Gasteiger charge is -2.24. The Bertz CT molecular complexity index is 799. The zero-order valence-electron chi connectivity index (χ0n) is 14.7.